The lowest BCUT2D eigenvalue weighted by Crippen LogP contribution is -2.01. The van der Waals surface area contributed by atoms with Gasteiger partial charge in [0.1, 0.15) is 0 Å². The number of unbranched alkanes of at least 4 members (excludes halogenated alkanes) is 8. The zero-order valence-corrected chi connectivity index (χ0v) is 13.8. The normalized spacial score (nSPS) is 13.6. The summed E-state index contributed by atoms with van der Waals surface area (Å²) in [5.41, 5.74) is 0. The summed E-state index contributed by atoms with van der Waals surface area (Å²) in [7, 11) is 0. The molecule has 1 atom stereocenters. The second kappa shape index (κ2) is 17.0. The minimum atomic E-state index is -0.303. The number of allylic oxidation sites excluding steroid dienone is 6. The van der Waals surface area contributed by atoms with E-state index in [0.717, 1.165) is 12.8 Å². The molecular weight excluding hydrogens is 256 g/mol. The molecular formula is C20H34O. The topological polar surface area (TPSA) is 20.2 Å². The fourth-order valence-corrected chi connectivity index (χ4v) is 2.22. The van der Waals surface area contributed by atoms with Crippen LogP contribution in [0.1, 0.15) is 71.1 Å². The summed E-state index contributed by atoms with van der Waals surface area (Å²) in [4.78, 5) is 0. The van der Waals surface area contributed by atoms with E-state index in [1.54, 1.807) is 6.08 Å². The van der Waals surface area contributed by atoms with E-state index < -0.39 is 0 Å². The Morgan fingerprint density at radius 3 is 1.90 bits per heavy atom. The summed E-state index contributed by atoms with van der Waals surface area (Å²) in [5.74, 6) is 0. The summed E-state index contributed by atoms with van der Waals surface area (Å²) < 4.78 is 0. The first-order valence-electron chi connectivity index (χ1n) is 8.62. The first-order chi connectivity index (χ1) is 10.3. The zero-order chi connectivity index (χ0) is 15.6. The van der Waals surface area contributed by atoms with Gasteiger partial charge in [-0.2, -0.15) is 0 Å². The van der Waals surface area contributed by atoms with E-state index in [-0.39, 0.29) is 6.10 Å². The molecule has 0 rings (SSSR count). The molecule has 0 amide bonds. The van der Waals surface area contributed by atoms with Crippen LogP contribution in [-0.2, 0) is 0 Å². The van der Waals surface area contributed by atoms with Gasteiger partial charge in [-0.25, -0.2) is 0 Å². The molecule has 0 radical (unpaired) electrons. The van der Waals surface area contributed by atoms with E-state index in [9.17, 15) is 5.11 Å². The molecule has 1 heteroatoms. The van der Waals surface area contributed by atoms with Crippen LogP contribution in [-0.4, -0.2) is 11.2 Å². The minimum absolute atomic E-state index is 0.303. The summed E-state index contributed by atoms with van der Waals surface area (Å²) in [5, 5.41) is 9.80. The summed E-state index contributed by atoms with van der Waals surface area (Å²) >= 11 is 0. The number of rotatable bonds is 14. The molecule has 0 aromatic carbocycles. The van der Waals surface area contributed by atoms with Gasteiger partial charge in [0.25, 0.3) is 0 Å². The van der Waals surface area contributed by atoms with Crippen molar-refractivity contribution in [2.75, 3.05) is 0 Å². The fourth-order valence-electron chi connectivity index (χ4n) is 2.22. The van der Waals surface area contributed by atoms with Gasteiger partial charge in [-0.3, -0.25) is 0 Å². The monoisotopic (exact) mass is 290 g/mol. The van der Waals surface area contributed by atoms with Crippen LogP contribution in [0.25, 0.3) is 0 Å². The third-order valence-corrected chi connectivity index (χ3v) is 3.52. The molecule has 0 aromatic rings. The molecule has 21 heavy (non-hydrogen) atoms. The van der Waals surface area contributed by atoms with Gasteiger partial charge in [-0.1, -0.05) is 114 Å². The second-order valence-corrected chi connectivity index (χ2v) is 5.57. The maximum Gasteiger partial charge on any atom is 0.0723 e. The van der Waals surface area contributed by atoms with Crippen LogP contribution >= 0.6 is 0 Å². The number of hydrogen-bond donors (Lipinski definition) is 1. The Morgan fingerprint density at radius 2 is 1.29 bits per heavy atom. The fraction of sp³-hybridized carbons (Fsp3) is 0.600. The minimum Gasteiger partial charge on any atom is -0.389 e. The van der Waals surface area contributed by atoms with E-state index >= 15 is 0 Å². The largest absolute Gasteiger partial charge is 0.389 e. The Labute approximate surface area is 132 Å². The highest BCUT2D eigenvalue weighted by molar-refractivity contribution is 5.14. The van der Waals surface area contributed by atoms with Crippen LogP contribution in [0.4, 0.5) is 0 Å². The van der Waals surface area contributed by atoms with Crippen molar-refractivity contribution in [1.29, 1.82) is 0 Å². The lowest BCUT2D eigenvalue weighted by molar-refractivity contribution is 0.208. The maximum atomic E-state index is 9.80. The van der Waals surface area contributed by atoms with Gasteiger partial charge in [-0.05, 0) is 6.42 Å². The van der Waals surface area contributed by atoms with Crippen LogP contribution in [0.3, 0.4) is 0 Å². The quantitative estimate of drug-likeness (QED) is 0.302. The van der Waals surface area contributed by atoms with Crippen molar-refractivity contribution in [2.45, 2.75) is 77.2 Å². The van der Waals surface area contributed by atoms with Crippen LogP contribution in [0.5, 0.6) is 0 Å². The average molecular weight is 290 g/mol. The molecule has 0 aliphatic carbocycles. The van der Waals surface area contributed by atoms with Gasteiger partial charge in [0.15, 0.2) is 0 Å². The molecule has 1 nitrogen and oxygen atoms in total. The van der Waals surface area contributed by atoms with Crippen molar-refractivity contribution in [3.05, 3.63) is 49.1 Å². The summed E-state index contributed by atoms with van der Waals surface area (Å²) in [6, 6.07) is 0. The van der Waals surface area contributed by atoms with Crippen LogP contribution in [0.2, 0.25) is 0 Å². The van der Waals surface area contributed by atoms with E-state index in [4.69, 9.17) is 0 Å². The van der Waals surface area contributed by atoms with Gasteiger partial charge in [-0.15, -0.1) is 0 Å². The lowest BCUT2D eigenvalue weighted by atomic mass is 10.0. The molecule has 0 aliphatic heterocycles. The highest BCUT2D eigenvalue weighted by atomic mass is 16.3. The van der Waals surface area contributed by atoms with Gasteiger partial charge in [0.05, 0.1) is 6.10 Å². The molecule has 0 aliphatic rings. The molecule has 0 spiro atoms. The van der Waals surface area contributed by atoms with Crippen molar-refractivity contribution in [2.24, 2.45) is 0 Å². The smallest absolute Gasteiger partial charge is 0.0723 e. The zero-order valence-electron chi connectivity index (χ0n) is 13.8. The molecule has 1 N–H and O–H groups in total. The Balaban J connectivity index is 3.39. The van der Waals surface area contributed by atoms with E-state index in [2.05, 4.69) is 13.5 Å². The van der Waals surface area contributed by atoms with Crippen molar-refractivity contribution < 1.29 is 5.11 Å². The second-order valence-electron chi connectivity index (χ2n) is 5.57. The van der Waals surface area contributed by atoms with Gasteiger partial charge < -0.3 is 5.11 Å². The molecule has 0 heterocycles. The molecule has 120 valence electrons. The lowest BCUT2D eigenvalue weighted by Gasteiger charge is -2.05. The molecule has 0 aromatic heterocycles. The molecule has 0 saturated heterocycles. The van der Waals surface area contributed by atoms with Crippen LogP contribution in [0.15, 0.2) is 49.1 Å². The molecule has 0 saturated carbocycles. The van der Waals surface area contributed by atoms with Crippen molar-refractivity contribution in [1.82, 2.24) is 0 Å². The van der Waals surface area contributed by atoms with Crippen LogP contribution in [0, 0.1) is 0 Å². The third kappa shape index (κ3) is 16.9. The summed E-state index contributed by atoms with van der Waals surface area (Å²) in [6.07, 6.45) is 25.7. The highest BCUT2D eigenvalue weighted by Gasteiger charge is 1.98. The highest BCUT2D eigenvalue weighted by Crippen LogP contribution is 2.11. The number of hydrogen-bond acceptors (Lipinski definition) is 1. The third-order valence-electron chi connectivity index (χ3n) is 3.52. The summed E-state index contributed by atoms with van der Waals surface area (Å²) in [6.45, 7) is 5.86. The maximum absolute atomic E-state index is 9.80. The Kier molecular flexibility index (Phi) is 16.1. The van der Waals surface area contributed by atoms with Crippen molar-refractivity contribution in [3.63, 3.8) is 0 Å². The van der Waals surface area contributed by atoms with Gasteiger partial charge in [0.2, 0.25) is 0 Å². The average Bonchev–Trinajstić information content (AvgIpc) is 2.49. The van der Waals surface area contributed by atoms with Crippen molar-refractivity contribution >= 4 is 0 Å². The predicted octanol–water partition coefficient (Wildman–Crippen LogP) is 6.12. The standard InChI is InChI=1S/C20H34O/c1-3-5-7-9-11-12-13-15-17-19-20(21)18-16-14-10-8-6-4-2/h4,6,8,10,14,16,18,20-21H,2-3,5,7,9,11-13,15,17,19H2,1H3/b8-6+,14-10+,18-16+. The van der Waals surface area contributed by atoms with Crippen LogP contribution < -0.4 is 0 Å². The van der Waals surface area contributed by atoms with Crippen molar-refractivity contribution in [3.8, 4) is 0 Å². The Bertz CT molecular complexity index is 299. The number of aliphatic hydroxyl groups excluding tert-OH is 1. The molecule has 0 fully saturated rings. The first-order valence-corrected chi connectivity index (χ1v) is 8.62. The van der Waals surface area contributed by atoms with Gasteiger partial charge >= 0.3 is 0 Å². The van der Waals surface area contributed by atoms with E-state index in [0.29, 0.717) is 0 Å². The predicted molar refractivity (Wildman–Crippen MR) is 95.5 cm³/mol. The van der Waals surface area contributed by atoms with E-state index in [1.165, 1.54) is 51.4 Å². The molecule has 1 unspecified atom stereocenters. The Morgan fingerprint density at radius 1 is 0.762 bits per heavy atom. The molecule has 0 bridgehead atoms. The first kappa shape index (κ1) is 19.9. The van der Waals surface area contributed by atoms with Gasteiger partial charge in [0, 0.05) is 0 Å². The SMILES string of the molecule is C=C/C=C/C=C/C=C/C(O)CCCCCCCCCCC. The van der Waals surface area contributed by atoms with E-state index in [1.807, 2.05) is 36.5 Å². The number of aliphatic hydroxyl groups is 1. The Hall–Kier alpha value is -1.08.